The first-order valence-corrected chi connectivity index (χ1v) is 10.4. The molecule has 1 saturated carbocycles. The van der Waals surface area contributed by atoms with Crippen molar-refractivity contribution in [3.63, 3.8) is 0 Å². The van der Waals surface area contributed by atoms with Gasteiger partial charge in [-0.2, -0.15) is 0 Å². The number of rotatable bonds is 6. The van der Waals surface area contributed by atoms with Crippen molar-refractivity contribution in [2.75, 3.05) is 5.32 Å². The zero-order valence-corrected chi connectivity index (χ0v) is 17.5. The third kappa shape index (κ3) is 3.52. The van der Waals surface area contributed by atoms with Crippen LogP contribution in [-0.4, -0.2) is 36.5 Å². The molecule has 32 heavy (non-hydrogen) atoms. The van der Waals surface area contributed by atoms with E-state index in [-0.39, 0.29) is 12.3 Å². The molecule has 1 aliphatic rings. The lowest BCUT2D eigenvalue weighted by Crippen LogP contribution is -2.16. The number of anilines is 1. The molecule has 5 rings (SSSR count). The molecule has 4 aromatic rings. The van der Waals surface area contributed by atoms with Crippen molar-refractivity contribution < 1.29 is 14.3 Å². The number of carbonyl (C=O) groups is 1. The van der Waals surface area contributed by atoms with Gasteiger partial charge < -0.3 is 10.4 Å². The second-order valence-electron chi connectivity index (χ2n) is 8.12. The number of fused-ring (bicyclic) bond motifs is 3. The lowest BCUT2D eigenvalue weighted by molar-refractivity contribution is -0.117. The molecule has 0 aliphatic heterocycles. The van der Waals surface area contributed by atoms with E-state index in [1.807, 2.05) is 29.7 Å². The van der Waals surface area contributed by atoms with E-state index in [9.17, 15) is 14.3 Å². The second kappa shape index (κ2) is 7.80. The first-order valence-electron chi connectivity index (χ1n) is 10.4. The monoisotopic (exact) mass is 431 g/mol. The highest BCUT2D eigenvalue weighted by Gasteiger charge is 2.43. The predicted molar refractivity (Wildman–Crippen MR) is 120 cm³/mol. The molecule has 162 valence electrons. The van der Waals surface area contributed by atoms with Gasteiger partial charge in [0.05, 0.1) is 23.2 Å². The van der Waals surface area contributed by atoms with Gasteiger partial charge in [-0.05, 0) is 37.5 Å². The van der Waals surface area contributed by atoms with Gasteiger partial charge in [0, 0.05) is 47.4 Å². The van der Waals surface area contributed by atoms with Gasteiger partial charge in [-0.3, -0.25) is 14.2 Å². The number of carbonyl (C=O) groups excluding carboxylic acids is 1. The Morgan fingerprint density at radius 1 is 1.31 bits per heavy atom. The summed E-state index contributed by atoms with van der Waals surface area (Å²) in [6, 6.07) is 5.62. The minimum Gasteiger partial charge on any atom is -0.386 e. The molecule has 1 fully saturated rings. The Kier molecular flexibility index (Phi) is 4.94. The van der Waals surface area contributed by atoms with Crippen LogP contribution >= 0.6 is 0 Å². The molecule has 8 heteroatoms. The number of aryl methyl sites for hydroxylation is 1. The zero-order valence-electron chi connectivity index (χ0n) is 17.5. The van der Waals surface area contributed by atoms with Gasteiger partial charge in [-0.1, -0.05) is 6.08 Å². The molecule has 4 heterocycles. The number of aliphatic hydroxyl groups excluding tert-OH is 1. The van der Waals surface area contributed by atoms with E-state index >= 15 is 0 Å². The van der Waals surface area contributed by atoms with Gasteiger partial charge in [0.2, 0.25) is 5.91 Å². The van der Waals surface area contributed by atoms with Crippen LogP contribution in [0.1, 0.15) is 30.2 Å². The third-order valence-corrected chi connectivity index (χ3v) is 5.81. The van der Waals surface area contributed by atoms with Crippen LogP contribution in [0, 0.1) is 12.8 Å². The standard InChI is InChI=1S/C24H22FN5O2/c1-3-4-21(31)19-7-13(2)17(12-27-19)15-8-14-11-28-22(29-24(32)16-9-18(16)25)10-20(14)30-6-5-26-23(15)30/h3,5-8,10-12,16,18,21,31H,1,4,9H2,2H3,(H,28,29,32)/t16-,18+,21+/m0/s1. The Morgan fingerprint density at radius 2 is 2.12 bits per heavy atom. The van der Waals surface area contributed by atoms with E-state index in [0.717, 1.165) is 33.2 Å². The summed E-state index contributed by atoms with van der Waals surface area (Å²) < 4.78 is 15.1. The summed E-state index contributed by atoms with van der Waals surface area (Å²) in [4.78, 5) is 25.4. The van der Waals surface area contributed by atoms with E-state index in [2.05, 4.69) is 26.8 Å². The average molecular weight is 431 g/mol. The maximum atomic E-state index is 13.2. The molecule has 0 saturated heterocycles. The molecule has 1 aliphatic carbocycles. The number of aromatic nitrogens is 4. The quantitative estimate of drug-likeness (QED) is 0.447. The lowest BCUT2D eigenvalue weighted by Gasteiger charge is -2.14. The van der Waals surface area contributed by atoms with Crippen LogP contribution < -0.4 is 5.32 Å². The van der Waals surface area contributed by atoms with E-state index in [1.165, 1.54) is 0 Å². The summed E-state index contributed by atoms with van der Waals surface area (Å²) in [5, 5.41) is 13.8. The van der Waals surface area contributed by atoms with Gasteiger partial charge in [-0.15, -0.1) is 6.58 Å². The topological polar surface area (TPSA) is 92.4 Å². The first-order chi connectivity index (χ1) is 15.5. The zero-order chi connectivity index (χ0) is 22.4. The minimum atomic E-state index is -1.06. The van der Waals surface area contributed by atoms with E-state index in [0.29, 0.717) is 17.9 Å². The van der Waals surface area contributed by atoms with E-state index < -0.39 is 18.2 Å². The molecule has 0 radical (unpaired) electrons. The van der Waals surface area contributed by atoms with Crippen molar-refractivity contribution in [2.24, 2.45) is 5.92 Å². The molecule has 0 bridgehead atoms. The number of hydrogen-bond acceptors (Lipinski definition) is 5. The third-order valence-electron chi connectivity index (χ3n) is 5.81. The van der Waals surface area contributed by atoms with Gasteiger partial charge in [0.15, 0.2) is 0 Å². The largest absolute Gasteiger partial charge is 0.386 e. The van der Waals surface area contributed by atoms with Crippen LogP contribution in [-0.2, 0) is 4.79 Å². The number of imidazole rings is 1. The first kappa shape index (κ1) is 20.3. The Bertz CT molecular complexity index is 1370. The number of amides is 1. The predicted octanol–water partition coefficient (Wildman–Crippen LogP) is 4.16. The summed E-state index contributed by atoms with van der Waals surface area (Å²) >= 11 is 0. The molecule has 0 aromatic carbocycles. The normalized spacial score (nSPS) is 18.6. The van der Waals surface area contributed by atoms with Crippen molar-refractivity contribution in [1.29, 1.82) is 0 Å². The van der Waals surface area contributed by atoms with Gasteiger partial charge in [-0.25, -0.2) is 14.4 Å². The van der Waals surface area contributed by atoms with Crippen molar-refractivity contribution in [3.05, 3.63) is 66.9 Å². The molecule has 3 atom stereocenters. The lowest BCUT2D eigenvalue weighted by atomic mass is 10.0. The summed E-state index contributed by atoms with van der Waals surface area (Å²) in [5.41, 5.74) is 4.90. The fourth-order valence-electron chi connectivity index (χ4n) is 3.93. The van der Waals surface area contributed by atoms with Crippen LogP contribution in [0.15, 0.2) is 55.6 Å². The van der Waals surface area contributed by atoms with Crippen molar-refractivity contribution in [3.8, 4) is 11.1 Å². The fraction of sp³-hybridized carbons (Fsp3) is 0.250. The van der Waals surface area contributed by atoms with Gasteiger partial charge in [0.25, 0.3) is 0 Å². The van der Waals surface area contributed by atoms with Crippen LogP contribution in [0.3, 0.4) is 0 Å². The molecule has 4 aromatic heterocycles. The minimum absolute atomic E-state index is 0.269. The van der Waals surface area contributed by atoms with E-state index in [1.54, 1.807) is 30.7 Å². The molecule has 0 unspecified atom stereocenters. The molecule has 0 spiro atoms. The average Bonchev–Trinajstić information content (AvgIpc) is 3.30. The highest BCUT2D eigenvalue weighted by molar-refractivity contribution is 5.97. The number of nitrogens with one attached hydrogen (secondary N) is 1. The highest BCUT2D eigenvalue weighted by Crippen LogP contribution is 2.35. The van der Waals surface area contributed by atoms with Gasteiger partial charge in [0.1, 0.15) is 17.6 Å². The number of alkyl halides is 1. The second-order valence-corrected chi connectivity index (χ2v) is 8.12. The number of nitrogens with zero attached hydrogens (tertiary/aromatic N) is 4. The number of halogens is 1. The molecule has 2 N–H and O–H groups in total. The summed E-state index contributed by atoms with van der Waals surface area (Å²) in [5.74, 6) is -0.544. The summed E-state index contributed by atoms with van der Waals surface area (Å²) in [7, 11) is 0. The SMILES string of the molecule is C=CC[C@@H](O)c1cc(C)c(-c2cc3cnc(NC(=O)[C@H]4C[C@H]4F)cc3n3ccnc23)cn1. The van der Waals surface area contributed by atoms with Crippen LogP contribution in [0.4, 0.5) is 10.2 Å². The van der Waals surface area contributed by atoms with Crippen molar-refractivity contribution >= 4 is 28.3 Å². The maximum absolute atomic E-state index is 13.2. The van der Waals surface area contributed by atoms with Crippen molar-refractivity contribution in [1.82, 2.24) is 19.4 Å². The maximum Gasteiger partial charge on any atom is 0.231 e. The van der Waals surface area contributed by atoms with Crippen LogP contribution in [0.25, 0.3) is 27.7 Å². The number of aliphatic hydroxyl groups is 1. The fourth-order valence-corrected chi connectivity index (χ4v) is 3.93. The Labute approximate surface area is 183 Å². The van der Waals surface area contributed by atoms with Gasteiger partial charge >= 0.3 is 0 Å². The molecular weight excluding hydrogens is 409 g/mol. The van der Waals surface area contributed by atoms with E-state index in [4.69, 9.17) is 0 Å². The molecule has 7 nitrogen and oxygen atoms in total. The van der Waals surface area contributed by atoms with Crippen molar-refractivity contribution in [2.45, 2.75) is 32.0 Å². The highest BCUT2D eigenvalue weighted by atomic mass is 19.1. The smallest absolute Gasteiger partial charge is 0.231 e. The number of hydrogen-bond donors (Lipinski definition) is 2. The Hall–Kier alpha value is -3.65. The van der Waals surface area contributed by atoms with Crippen LogP contribution in [0.2, 0.25) is 0 Å². The number of pyridine rings is 3. The molecular formula is C24H22FN5O2. The van der Waals surface area contributed by atoms with Crippen LogP contribution in [0.5, 0.6) is 0 Å². The Morgan fingerprint density at radius 3 is 2.84 bits per heavy atom. The molecule has 1 amide bonds. The Balaban J connectivity index is 1.56. The summed E-state index contributed by atoms with van der Waals surface area (Å²) in [6.07, 6.45) is 7.60. The summed E-state index contributed by atoms with van der Waals surface area (Å²) in [6.45, 7) is 5.63.